The minimum Gasteiger partial charge on any atom is -0.455 e. The summed E-state index contributed by atoms with van der Waals surface area (Å²) in [5, 5.41) is 7.12. The van der Waals surface area contributed by atoms with Crippen LogP contribution in [0.25, 0.3) is 89.2 Å². The van der Waals surface area contributed by atoms with Gasteiger partial charge in [0.15, 0.2) is 0 Å². The molecule has 2 aromatic heterocycles. The minimum absolute atomic E-state index is 0.255. The van der Waals surface area contributed by atoms with Gasteiger partial charge in [-0.05, 0) is 104 Å². The molecule has 0 radical (unpaired) electrons. The Morgan fingerprint density at radius 3 is 2.03 bits per heavy atom. The molecule has 1 atom stereocenters. The van der Waals surface area contributed by atoms with E-state index in [1.54, 1.807) is 0 Å². The van der Waals surface area contributed by atoms with Gasteiger partial charge in [-0.15, -0.1) is 0 Å². The first kappa shape index (κ1) is 32.7. The van der Waals surface area contributed by atoms with E-state index in [1.807, 2.05) is 0 Å². The molecule has 13 rings (SSSR count). The van der Waals surface area contributed by atoms with Gasteiger partial charge in [-0.2, -0.15) is 0 Å². The Kier molecular flexibility index (Phi) is 6.56. The summed E-state index contributed by atoms with van der Waals surface area (Å²) in [6.45, 7) is 4.73. The van der Waals surface area contributed by atoms with Gasteiger partial charge in [0.25, 0.3) is 0 Å². The molecule has 59 heavy (non-hydrogen) atoms. The SMILES string of the molecule is CC1(C)c2ccc(N(c3ccccc3)c3ccc(-c4ccccc4)cc3)cc2-c2c1c1ccccc1c1c2oc2ccc(-c3cccc4c5c(oc34)=CC3=C[C@@H]3C=5)cc21. The number of rotatable bonds is 5. The Balaban J connectivity index is 1.02. The number of allylic oxidation sites excluding steroid dienone is 2. The average Bonchev–Trinajstić information content (AvgIpc) is 3.69. The van der Waals surface area contributed by atoms with Crippen LogP contribution >= 0.6 is 0 Å². The zero-order valence-corrected chi connectivity index (χ0v) is 32.7. The van der Waals surface area contributed by atoms with E-state index in [0.717, 1.165) is 61.1 Å². The lowest BCUT2D eigenvalue weighted by Crippen LogP contribution is -2.22. The first-order valence-electron chi connectivity index (χ1n) is 20.5. The van der Waals surface area contributed by atoms with Crippen LogP contribution in [-0.4, -0.2) is 0 Å². The molecule has 0 amide bonds. The van der Waals surface area contributed by atoms with Crippen LogP contribution in [0.2, 0.25) is 0 Å². The number of para-hydroxylation sites is 2. The molecule has 0 fully saturated rings. The molecule has 2 heterocycles. The Bertz CT molecular complexity index is 3570. The normalized spacial score (nSPS) is 15.6. The Morgan fingerprint density at radius 2 is 1.20 bits per heavy atom. The molecule has 3 nitrogen and oxygen atoms in total. The number of benzene rings is 8. The lowest BCUT2D eigenvalue weighted by molar-refractivity contribution is 0.575. The molecule has 0 saturated carbocycles. The van der Waals surface area contributed by atoms with E-state index in [-0.39, 0.29) is 5.41 Å². The third kappa shape index (κ3) is 4.70. The topological polar surface area (TPSA) is 29.5 Å². The fourth-order valence-corrected chi connectivity index (χ4v) is 10.2. The fourth-order valence-electron chi connectivity index (χ4n) is 10.2. The van der Waals surface area contributed by atoms with Gasteiger partial charge in [-0.3, -0.25) is 0 Å². The van der Waals surface area contributed by atoms with Gasteiger partial charge >= 0.3 is 0 Å². The number of furan rings is 2. The van der Waals surface area contributed by atoms with E-state index in [2.05, 4.69) is 201 Å². The van der Waals surface area contributed by atoms with E-state index in [0.29, 0.717) is 5.92 Å². The second-order valence-corrected chi connectivity index (χ2v) is 16.8. The number of anilines is 3. The summed E-state index contributed by atoms with van der Waals surface area (Å²) in [6, 6.07) is 59.3. The maximum absolute atomic E-state index is 7.09. The standard InChI is InChI=1S/C56H37NO2/c1-56(2)48-26-25-40(57(38-14-7-4-8-15-38)39-23-20-34(21-24-39)33-12-5-3-6-13-33)32-46(48)52-53(56)43-17-10-9-16-42(43)51-47-29-35(22-27-49(47)58-55(51)52)41-18-11-19-44-45-30-36-28-37(36)31-50(45)59-54(41)44/h3-32,36H,1-2H3/t36-/m1/s1. The predicted molar refractivity (Wildman–Crippen MR) is 244 cm³/mol. The molecule has 0 spiro atoms. The maximum atomic E-state index is 7.09. The highest BCUT2D eigenvalue weighted by Crippen LogP contribution is 2.57. The second kappa shape index (κ2) is 11.8. The number of nitrogens with zero attached hydrogens (tertiary/aromatic N) is 1. The lowest BCUT2D eigenvalue weighted by Gasteiger charge is -2.27. The van der Waals surface area contributed by atoms with E-state index >= 15 is 0 Å². The highest BCUT2D eigenvalue weighted by molar-refractivity contribution is 6.25. The molecule has 0 bridgehead atoms. The molecule has 0 unspecified atom stereocenters. The maximum Gasteiger partial charge on any atom is 0.144 e. The highest BCUT2D eigenvalue weighted by atomic mass is 16.3. The summed E-state index contributed by atoms with van der Waals surface area (Å²) in [5.74, 6) is 0.453. The van der Waals surface area contributed by atoms with Crippen molar-refractivity contribution in [1.29, 1.82) is 0 Å². The smallest absolute Gasteiger partial charge is 0.144 e. The van der Waals surface area contributed by atoms with Crippen molar-refractivity contribution >= 4 is 72.9 Å². The third-order valence-electron chi connectivity index (χ3n) is 13.1. The van der Waals surface area contributed by atoms with Gasteiger partial charge in [0, 0.05) is 60.9 Å². The van der Waals surface area contributed by atoms with Gasteiger partial charge in [-0.1, -0.05) is 141 Å². The molecule has 10 aromatic rings. The predicted octanol–water partition coefficient (Wildman–Crippen LogP) is 13.7. The first-order chi connectivity index (χ1) is 29.0. The van der Waals surface area contributed by atoms with Crippen LogP contribution in [0.3, 0.4) is 0 Å². The van der Waals surface area contributed by atoms with Crippen molar-refractivity contribution in [2.75, 3.05) is 4.90 Å². The third-order valence-corrected chi connectivity index (χ3v) is 13.1. The fraction of sp³-hybridized carbons (Fsp3) is 0.0714. The monoisotopic (exact) mass is 755 g/mol. The van der Waals surface area contributed by atoms with E-state index in [4.69, 9.17) is 8.83 Å². The number of hydrogen-bond donors (Lipinski definition) is 0. The largest absolute Gasteiger partial charge is 0.455 e. The summed E-state index contributed by atoms with van der Waals surface area (Å²) in [7, 11) is 0. The Labute approximate surface area is 341 Å². The van der Waals surface area contributed by atoms with Crippen molar-refractivity contribution < 1.29 is 8.83 Å². The first-order valence-corrected chi connectivity index (χ1v) is 20.5. The molecule has 3 aliphatic rings. The Morgan fingerprint density at radius 1 is 0.508 bits per heavy atom. The van der Waals surface area contributed by atoms with Crippen LogP contribution in [0.4, 0.5) is 17.1 Å². The van der Waals surface area contributed by atoms with Crippen molar-refractivity contribution in [2.45, 2.75) is 19.3 Å². The lowest BCUT2D eigenvalue weighted by atomic mass is 9.79. The van der Waals surface area contributed by atoms with E-state index in [9.17, 15) is 0 Å². The average molecular weight is 756 g/mol. The molecular weight excluding hydrogens is 719 g/mol. The van der Waals surface area contributed by atoms with Crippen LogP contribution in [0, 0.1) is 5.92 Å². The molecule has 3 heteroatoms. The van der Waals surface area contributed by atoms with Crippen molar-refractivity contribution in [3.8, 4) is 33.4 Å². The van der Waals surface area contributed by atoms with E-state index < -0.39 is 0 Å². The number of fused-ring (bicyclic) bond motifs is 14. The van der Waals surface area contributed by atoms with Crippen molar-refractivity contribution in [3.05, 3.63) is 197 Å². The van der Waals surface area contributed by atoms with Gasteiger partial charge in [0.1, 0.15) is 22.2 Å². The second-order valence-electron chi connectivity index (χ2n) is 16.8. The zero-order chi connectivity index (χ0) is 39.0. The van der Waals surface area contributed by atoms with E-state index in [1.165, 1.54) is 60.3 Å². The van der Waals surface area contributed by atoms with Crippen LogP contribution in [0.1, 0.15) is 25.0 Å². The van der Waals surface area contributed by atoms with Gasteiger partial charge in [0.05, 0.1) is 0 Å². The highest BCUT2D eigenvalue weighted by Gasteiger charge is 2.40. The molecule has 0 N–H and O–H groups in total. The molecule has 278 valence electrons. The molecular formula is C56H37NO2. The van der Waals surface area contributed by atoms with Gasteiger partial charge in [0.2, 0.25) is 0 Å². The summed E-state index contributed by atoms with van der Waals surface area (Å²) in [5.41, 5.74) is 17.8. The molecule has 3 aliphatic carbocycles. The van der Waals surface area contributed by atoms with Gasteiger partial charge in [-0.25, -0.2) is 0 Å². The van der Waals surface area contributed by atoms with Gasteiger partial charge < -0.3 is 13.7 Å². The van der Waals surface area contributed by atoms with Crippen molar-refractivity contribution in [1.82, 2.24) is 0 Å². The van der Waals surface area contributed by atoms with Crippen LogP contribution in [0.5, 0.6) is 0 Å². The number of hydrogen-bond acceptors (Lipinski definition) is 3. The Hall–Kier alpha value is -7.36. The molecule has 0 aliphatic heterocycles. The summed E-state index contributed by atoms with van der Waals surface area (Å²) < 4.78 is 13.7. The molecule has 0 saturated heterocycles. The van der Waals surface area contributed by atoms with Crippen molar-refractivity contribution in [3.63, 3.8) is 0 Å². The van der Waals surface area contributed by atoms with Crippen LogP contribution in [0.15, 0.2) is 184 Å². The van der Waals surface area contributed by atoms with Crippen LogP contribution < -0.4 is 15.5 Å². The molecule has 8 aromatic carbocycles. The summed E-state index contributed by atoms with van der Waals surface area (Å²) in [4.78, 5) is 2.37. The van der Waals surface area contributed by atoms with Crippen molar-refractivity contribution in [2.24, 2.45) is 5.92 Å². The minimum atomic E-state index is -0.255. The summed E-state index contributed by atoms with van der Waals surface area (Å²) >= 11 is 0. The summed E-state index contributed by atoms with van der Waals surface area (Å²) in [6.07, 6.45) is 6.83. The quantitative estimate of drug-likeness (QED) is 0.175. The zero-order valence-electron chi connectivity index (χ0n) is 32.7. The van der Waals surface area contributed by atoms with Crippen LogP contribution in [-0.2, 0) is 5.41 Å².